The molecule has 186 valence electrons. The highest BCUT2D eigenvalue weighted by molar-refractivity contribution is 7.91. The Kier molecular flexibility index (Phi) is 6.91. The Labute approximate surface area is 203 Å². The maximum absolute atomic E-state index is 13.5. The molecule has 0 aliphatic carbocycles. The van der Waals surface area contributed by atoms with Crippen molar-refractivity contribution in [2.75, 3.05) is 0 Å². The Morgan fingerprint density at radius 2 is 1.64 bits per heavy atom. The highest BCUT2D eigenvalue weighted by Gasteiger charge is 2.29. The molecular weight excluding hydrogens is 496 g/mol. The Morgan fingerprint density at radius 1 is 0.972 bits per heavy atom. The molecule has 0 unspecified atom stereocenters. The Balaban J connectivity index is 1.54. The highest BCUT2D eigenvalue weighted by atomic mass is 32.2. The topological polar surface area (TPSA) is 139 Å². The average molecular weight is 515 g/mol. The van der Waals surface area contributed by atoms with Crippen LogP contribution < -0.4 is 5.56 Å². The zero-order valence-corrected chi connectivity index (χ0v) is 19.3. The molecule has 36 heavy (non-hydrogen) atoms. The number of carbonyl (C=O) groups is 1. The number of rotatable bonds is 8. The fourth-order valence-electron chi connectivity index (χ4n) is 3.70. The second-order valence-corrected chi connectivity index (χ2v) is 9.91. The molecule has 4 rings (SSSR count). The van der Waals surface area contributed by atoms with E-state index in [1.165, 1.54) is 12.1 Å². The molecule has 12 heteroatoms. The number of nitrogens with zero attached hydrogens (tertiary/aromatic N) is 3. The summed E-state index contributed by atoms with van der Waals surface area (Å²) < 4.78 is 53.1. The van der Waals surface area contributed by atoms with Gasteiger partial charge in [0.15, 0.2) is 11.6 Å². The summed E-state index contributed by atoms with van der Waals surface area (Å²) >= 11 is 0. The number of aliphatic hydroxyl groups excluding tert-OH is 1. The summed E-state index contributed by atoms with van der Waals surface area (Å²) in [6.07, 6.45) is -1.70. The van der Waals surface area contributed by atoms with Crippen molar-refractivity contribution in [1.82, 2.24) is 15.0 Å². The van der Waals surface area contributed by atoms with E-state index >= 15 is 0 Å². The molecule has 0 spiro atoms. The summed E-state index contributed by atoms with van der Waals surface area (Å²) in [6.45, 7) is -0.132. The van der Waals surface area contributed by atoms with Crippen molar-refractivity contribution in [3.63, 3.8) is 0 Å². The van der Waals surface area contributed by atoms with Crippen molar-refractivity contribution in [2.24, 2.45) is 5.92 Å². The van der Waals surface area contributed by atoms with Crippen LogP contribution >= 0.6 is 0 Å². The Bertz CT molecular complexity index is 1610. The van der Waals surface area contributed by atoms with Crippen LogP contribution in [0.5, 0.6) is 0 Å². The SMILES string of the molecule is O=C(O)[C@@H](CCn1nnc2ccccc2c1=O)[C@H](O)c1ccc(S(=O)(=O)c2ccc(F)c(F)c2)cc1. The number of carboxylic acids is 1. The minimum atomic E-state index is -4.18. The molecule has 0 bridgehead atoms. The third-order valence-electron chi connectivity index (χ3n) is 5.71. The van der Waals surface area contributed by atoms with Crippen LogP contribution in [0.1, 0.15) is 18.1 Å². The highest BCUT2D eigenvalue weighted by Crippen LogP contribution is 2.28. The molecule has 0 radical (unpaired) electrons. The molecular formula is C24H19F2N3O6S. The summed E-state index contributed by atoms with van der Waals surface area (Å²) in [5.74, 6) is -5.19. The smallest absolute Gasteiger partial charge is 0.309 e. The van der Waals surface area contributed by atoms with Crippen LogP contribution in [0.3, 0.4) is 0 Å². The minimum Gasteiger partial charge on any atom is -0.481 e. The van der Waals surface area contributed by atoms with Gasteiger partial charge < -0.3 is 10.2 Å². The zero-order chi connectivity index (χ0) is 26.0. The summed E-state index contributed by atoms with van der Waals surface area (Å²) in [6, 6.07) is 13.5. The summed E-state index contributed by atoms with van der Waals surface area (Å²) in [5.41, 5.74) is 0.0570. The van der Waals surface area contributed by atoms with E-state index in [2.05, 4.69) is 10.3 Å². The van der Waals surface area contributed by atoms with Crippen LogP contribution in [0, 0.1) is 17.6 Å². The number of hydrogen-bond acceptors (Lipinski definition) is 7. The van der Waals surface area contributed by atoms with Gasteiger partial charge in [-0.25, -0.2) is 21.9 Å². The van der Waals surface area contributed by atoms with Gasteiger partial charge in [0.2, 0.25) is 9.84 Å². The van der Waals surface area contributed by atoms with Crippen LogP contribution in [-0.4, -0.2) is 39.6 Å². The fourth-order valence-corrected chi connectivity index (χ4v) is 4.98. The largest absolute Gasteiger partial charge is 0.481 e. The lowest BCUT2D eigenvalue weighted by molar-refractivity contribution is -0.146. The molecule has 4 aromatic rings. The molecule has 1 heterocycles. The lowest BCUT2D eigenvalue weighted by Crippen LogP contribution is -2.29. The first-order chi connectivity index (χ1) is 17.1. The molecule has 0 saturated carbocycles. The Morgan fingerprint density at radius 3 is 2.31 bits per heavy atom. The molecule has 0 saturated heterocycles. The van der Waals surface area contributed by atoms with Crippen molar-refractivity contribution in [2.45, 2.75) is 28.9 Å². The van der Waals surface area contributed by atoms with Crippen LogP contribution in [0.25, 0.3) is 10.9 Å². The van der Waals surface area contributed by atoms with Crippen LogP contribution in [0.4, 0.5) is 8.78 Å². The van der Waals surface area contributed by atoms with E-state index in [1.807, 2.05) is 0 Å². The third-order valence-corrected chi connectivity index (χ3v) is 7.48. The molecule has 1 aromatic heterocycles. The van der Waals surface area contributed by atoms with Gasteiger partial charge in [0.05, 0.1) is 27.2 Å². The van der Waals surface area contributed by atoms with E-state index in [1.54, 1.807) is 24.3 Å². The number of aromatic nitrogens is 3. The van der Waals surface area contributed by atoms with Crippen LogP contribution in [0.2, 0.25) is 0 Å². The number of hydrogen-bond donors (Lipinski definition) is 2. The predicted octanol–water partition coefficient (Wildman–Crippen LogP) is 2.73. The van der Waals surface area contributed by atoms with Gasteiger partial charge in [0, 0.05) is 6.54 Å². The van der Waals surface area contributed by atoms with Gasteiger partial charge in [-0.05, 0) is 54.4 Å². The van der Waals surface area contributed by atoms with Gasteiger partial charge in [-0.15, -0.1) is 5.10 Å². The number of aliphatic hydroxyl groups is 1. The van der Waals surface area contributed by atoms with E-state index in [0.29, 0.717) is 23.0 Å². The number of fused-ring (bicyclic) bond motifs is 1. The molecule has 0 fully saturated rings. The standard InChI is InChI=1S/C24H19F2N3O6S/c25-19-10-9-16(13-20(19)26)36(34,35)15-7-5-14(6-8-15)22(30)18(24(32)33)11-12-29-23(31)17-3-1-2-4-21(17)27-28-29/h1-10,13,18,22,30H,11-12H2,(H,32,33)/t18-,22+/m0/s1. The van der Waals surface area contributed by atoms with Crippen LogP contribution in [0.15, 0.2) is 81.3 Å². The maximum Gasteiger partial charge on any atom is 0.309 e. The monoisotopic (exact) mass is 515 g/mol. The normalized spacial score (nSPS) is 13.4. The molecule has 0 aliphatic rings. The van der Waals surface area contributed by atoms with E-state index < -0.39 is 49.9 Å². The van der Waals surface area contributed by atoms with Gasteiger partial charge in [0.1, 0.15) is 5.52 Å². The van der Waals surface area contributed by atoms with Gasteiger partial charge in [0.25, 0.3) is 5.56 Å². The number of halogens is 2. The van der Waals surface area contributed by atoms with Crippen molar-refractivity contribution in [3.8, 4) is 0 Å². The summed E-state index contributed by atoms with van der Waals surface area (Å²) in [4.78, 5) is 23.7. The van der Waals surface area contributed by atoms with Gasteiger partial charge >= 0.3 is 5.97 Å². The third kappa shape index (κ3) is 4.86. The first kappa shape index (κ1) is 25.1. The molecule has 2 N–H and O–H groups in total. The van der Waals surface area contributed by atoms with Gasteiger partial charge in [-0.1, -0.05) is 29.5 Å². The van der Waals surface area contributed by atoms with Crippen LogP contribution in [-0.2, 0) is 21.2 Å². The number of benzene rings is 3. The van der Waals surface area contributed by atoms with E-state index in [9.17, 15) is 37.0 Å². The number of aliphatic carboxylic acids is 1. The van der Waals surface area contributed by atoms with Gasteiger partial charge in [-0.3, -0.25) is 9.59 Å². The number of aryl methyl sites for hydroxylation is 1. The van der Waals surface area contributed by atoms with Crippen molar-refractivity contribution < 1.29 is 32.2 Å². The molecule has 0 aliphatic heterocycles. The maximum atomic E-state index is 13.5. The quantitative estimate of drug-likeness (QED) is 0.342. The average Bonchev–Trinajstić information content (AvgIpc) is 2.87. The molecule has 0 amide bonds. The second kappa shape index (κ2) is 9.91. The van der Waals surface area contributed by atoms with E-state index in [4.69, 9.17) is 0 Å². The second-order valence-electron chi connectivity index (χ2n) is 7.96. The lowest BCUT2D eigenvalue weighted by atomic mass is 9.93. The van der Waals surface area contributed by atoms with Crippen molar-refractivity contribution >= 4 is 26.7 Å². The molecule has 2 atom stereocenters. The fraction of sp³-hybridized carbons (Fsp3) is 0.167. The predicted molar refractivity (Wildman–Crippen MR) is 123 cm³/mol. The van der Waals surface area contributed by atoms with Crippen molar-refractivity contribution in [1.29, 1.82) is 0 Å². The number of sulfone groups is 1. The first-order valence-corrected chi connectivity index (χ1v) is 12.1. The zero-order valence-electron chi connectivity index (χ0n) is 18.5. The van der Waals surface area contributed by atoms with Crippen molar-refractivity contribution in [3.05, 3.63) is 94.3 Å². The molecule has 9 nitrogen and oxygen atoms in total. The minimum absolute atomic E-state index is 0.114. The first-order valence-electron chi connectivity index (χ1n) is 10.6. The molecule has 3 aromatic carbocycles. The number of carboxylic acid groups (broad SMARTS) is 1. The lowest BCUT2D eigenvalue weighted by Gasteiger charge is -2.20. The summed E-state index contributed by atoms with van der Waals surface area (Å²) in [5, 5.41) is 28.4. The Hall–Kier alpha value is -4.03. The van der Waals surface area contributed by atoms with E-state index in [-0.39, 0.29) is 23.4 Å². The summed E-state index contributed by atoms with van der Waals surface area (Å²) in [7, 11) is -4.18. The van der Waals surface area contributed by atoms with Gasteiger partial charge in [-0.2, -0.15) is 0 Å². The van der Waals surface area contributed by atoms with E-state index in [0.717, 1.165) is 22.9 Å².